The van der Waals surface area contributed by atoms with Gasteiger partial charge in [-0.1, -0.05) is 6.07 Å². The third-order valence-electron chi connectivity index (χ3n) is 6.02. The smallest absolute Gasteiger partial charge is 0.293 e. The maximum atomic E-state index is 12.9. The van der Waals surface area contributed by atoms with Gasteiger partial charge in [0.1, 0.15) is 17.0 Å². The van der Waals surface area contributed by atoms with Gasteiger partial charge >= 0.3 is 0 Å². The lowest BCUT2D eigenvalue weighted by Gasteiger charge is -2.44. The van der Waals surface area contributed by atoms with E-state index in [0.29, 0.717) is 42.9 Å². The van der Waals surface area contributed by atoms with Crippen LogP contribution in [0.3, 0.4) is 0 Å². The monoisotopic (exact) mass is 445 g/mol. The third-order valence-corrected chi connectivity index (χ3v) is 6.93. The Morgan fingerprint density at radius 1 is 1.16 bits per heavy atom. The van der Waals surface area contributed by atoms with Crippen molar-refractivity contribution in [1.29, 1.82) is 0 Å². The van der Waals surface area contributed by atoms with Crippen LogP contribution < -0.4 is 14.8 Å². The molecule has 0 amide bonds. The van der Waals surface area contributed by atoms with Crippen LogP contribution in [0.15, 0.2) is 35.2 Å². The van der Waals surface area contributed by atoms with E-state index in [-0.39, 0.29) is 22.8 Å². The Morgan fingerprint density at radius 2 is 1.84 bits per heavy atom. The second kappa shape index (κ2) is 7.31. The Balaban J connectivity index is 1.59. The Morgan fingerprint density at radius 3 is 2.45 bits per heavy atom. The number of anilines is 1. The molecule has 2 aromatic carbocycles. The van der Waals surface area contributed by atoms with E-state index in [1.807, 2.05) is 30.9 Å². The van der Waals surface area contributed by atoms with Crippen LogP contribution in [0.25, 0.3) is 0 Å². The third kappa shape index (κ3) is 3.88. The molecule has 4 rings (SSSR count). The highest BCUT2D eigenvalue weighted by atomic mass is 32.2. The number of nitro groups is 1. The number of aryl methyl sites for hydroxylation is 2. The van der Waals surface area contributed by atoms with Gasteiger partial charge in [0.2, 0.25) is 10.0 Å². The molecule has 0 aromatic heterocycles. The number of primary sulfonamides is 1. The average molecular weight is 445 g/mol. The van der Waals surface area contributed by atoms with Crippen LogP contribution in [0.1, 0.15) is 40.7 Å². The van der Waals surface area contributed by atoms with E-state index in [1.165, 1.54) is 12.1 Å². The van der Waals surface area contributed by atoms with Gasteiger partial charge in [-0.25, -0.2) is 13.6 Å². The number of hydrogen-bond donors (Lipinski definition) is 1. The molecule has 31 heavy (non-hydrogen) atoms. The summed E-state index contributed by atoms with van der Waals surface area (Å²) in [6.07, 6.45) is 1.29. The highest BCUT2D eigenvalue weighted by molar-refractivity contribution is 7.89. The van der Waals surface area contributed by atoms with Crippen molar-refractivity contribution in [3.8, 4) is 5.75 Å². The van der Waals surface area contributed by atoms with Crippen molar-refractivity contribution in [2.45, 2.75) is 43.6 Å². The summed E-state index contributed by atoms with van der Waals surface area (Å²) in [5.74, 6) is 0.654. The molecule has 1 saturated heterocycles. The van der Waals surface area contributed by atoms with Crippen molar-refractivity contribution in [3.05, 3.63) is 57.1 Å². The van der Waals surface area contributed by atoms with Gasteiger partial charge in [0, 0.05) is 32.0 Å². The predicted molar refractivity (Wildman–Crippen MR) is 114 cm³/mol. The van der Waals surface area contributed by atoms with Crippen molar-refractivity contribution in [2.75, 3.05) is 18.0 Å². The second-order valence-electron chi connectivity index (χ2n) is 8.28. The Hall–Kier alpha value is -2.98. The molecule has 10 heteroatoms. The summed E-state index contributed by atoms with van der Waals surface area (Å²) in [4.78, 5) is 25.3. The molecule has 2 aliphatic heterocycles. The molecule has 1 spiro atoms. The molecule has 2 aliphatic rings. The quantitative estimate of drug-likeness (QED) is 0.567. The van der Waals surface area contributed by atoms with E-state index >= 15 is 0 Å². The number of benzene rings is 2. The number of nitrogens with zero attached hydrogens (tertiary/aromatic N) is 2. The number of nitrogens with two attached hydrogens (primary N) is 1. The summed E-state index contributed by atoms with van der Waals surface area (Å²) >= 11 is 0. The first-order valence-corrected chi connectivity index (χ1v) is 11.4. The van der Waals surface area contributed by atoms with Crippen molar-refractivity contribution >= 4 is 27.2 Å². The predicted octanol–water partition coefficient (Wildman–Crippen LogP) is 2.86. The van der Waals surface area contributed by atoms with Crippen molar-refractivity contribution in [2.24, 2.45) is 5.14 Å². The lowest BCUT2D eigenvalue weighted by molar-refractivity contribution is -0.384. The fourth-order valence-corrected chi connectivity index (χ4v) is 5.08. The molecule has 0 unspecified atom stereocenters. The van der Waals surface area contributed by atoms with Gasteiger partial charge in [0.15, 0.2) is 5.78 Å². The van der Waals surface area contributed by atoms with Crippen LogP contribution in [-0.4, -0.2) is 37.8 Å². The van der Waals surface area contributed by atoms with E-state index in [1.54, 1.807) is 0 Å². The number of piperidine rings is 1. The molecule has 9 nitrogen and oxygen atoms in total. The van der Waals surface area contributed by atoms with E-state index < -0.39 is 20.5 Å². The first kappa shape index (κ1) is 21.3. The molecule has 2 N–H and O–H groups in total. The summed E-state index contributed by atoms with van der Waals surface area (Å²) < 4.78 is 29.5. The van der Waals surface area contributed by atoms with Crippen LogP contribution in [0.2, 0.25) is 0 Å². The Kier molecular flexibility index (Phi) is 5.01. The zero-order valence-electron chi connectivity index (χ0n) is 17.3. The maximum absolute atomic E-state index is 12.9. The lowest BCUT2D eigenvalue weighted by atomic mass is 9.81. The minimum atomic E-state index is -4.05. The number of hydrogen-bond acceptors (Lipinski definition) is 7. The molecule has 0 aliphatic carbocycles. The van der Waals surface area contributed by atoms with E-state index in [4.69, 9.17) is 9.88 Å². The van der Waals surface area contributed by atoms with Crippen molar-refractivity contribution in [3.63, 3.8) is 0 Å². The number of ketones is 1. The zero-order chi connectivity index (χ0) is 22.6. The molecule has 2 aromatic rings. The molecular weight excluding hydrogens is 422 g/mol. The van der Waals surface area contributed by atoms with Crippen LogP contribution >= 0.6 is 0 Å². The average Bonchev–Trinajstić information content (AvgIpc) is 2.66. The number of carbonyl (C=O) groups is 1. The SMILES string of the molecule is Cc1cc(C)c2c(c1)OC1(CCN(c3ccc(S(N)(=O)=O)cc3[N+](=O)[O-])CC1)CC2=O. The zero-order valence-corrected chi connectivity index (χ0v) is 18.1. The molecule has 164 valence electrons. The number of Topliss-reactive ketones (excluding diaryl/α,β-unsaturated/α-hetero) is 1. The minimum absolute atomic E-state index is 0.0516. The van der Waals surface area contributed by atoms with Gasteiger partial charge in [-0.15, -0.1) is 0 Å². The Labute approximate surface area is 180 Å². The van der Waals surface area contributed by atoms with Gasteiger partial charge in [0.25, 0.3) is 5.69 Å². The largest absolute Gasteiger partial charge is 0.486 e. The summed E-state index contributed by atoms with van der Waals surface area (Å²) in [7, 11) is -4.05. The van der Waals surface area contributed by atoms with E-state index in [2.05, 4.69) is 0 Å². The highest BCUT2D eigenvalue weighted by Crippen LogP contribution is 2.42. The number of nitro benzene ring substituents is 1. The molecule has 0 bridgehead atoms. The van der Waals surface area contributed by atoms with Crippen LogP contribution in [0, 0.1) is 24.0 Å². The maximum Gasteiger partial charge on any atom is 0.293 e. The summed E-state index contributed by atoms with van der Waals surface area (Å²) in [6, 6.07) is 7.50. The Bertz CT molecular complexity index is 1200. The molecule has 0 saturated carbocycles. The fourth-order valence-electron chi connectivity index (χ4n) is 4.54. The van der Waals surface area contributed by atoms with Crippen LogP contribution in [0.5, 0.6) is 5.75 Å². The number of fused-ring (bicyclic) bond motifs is 1. The van der Waals surface area contributed by atoms with Crippen molar-refractivity contribution < 1.29 is 22.9 Å². The van der Waals surface area contributed by atoms with Crippen LogP contribution in [-0.2, 0) is 10.0 Å². The molecule has 1 fully saturated rings. The normalized spacial score (nSPS) is 17.9. The van der Waals surface area contributed by atoms with E-state index in [9.17, 15) is 23.3 Å². The van der Waals surface area contributed by atoms with Gasteiger partial charge < -0.3 is 9.64 Å². The number of carbonyl (C=O) groups excluding carboxylic acids is 1. The first-order valence-electron chi connectivity index (χ1n) is 9.89. The minimum Gasteiger partial charge on any atom is -0.486 e. The van der Waals surface area contributed by atoms with Gasteiger partial charge in [-0.2, -0.15) is 0 Å². The first-order chi connectivity index (χ1) is 14.5. The number of sulfonamides is 1. The van der Waals surface area contributed by atoms with E-state index in [0.717, 1.165) is 17.2 Å². The molecule has 0 atom stereocenters. The van der Waals surface area contributed by atoms with Gasteiger partial charge in [-0.3, -0.25) is 14.9 Å². The molecular formula is C21H23N3O6S. The summed E-state index contributed by atoms with van der Waals surface area (Å²) in [5.41, 5.74) is 1.91. The molecule has 2 heterocycles. The topological polar surface area (TPSA) is 133 Å². The summed E-state index contributed by atoms with van der Waals surface area (Å²) in [5, 5.41) is 16.7. The highest BCUT2D eigenvalue weighted by Gasteiger charge is 2.44. The number of ether oxygens (including phenoxy) is 1. The second-order valence-corrected chi connectivity index (χ2v) is 9.84. The van der Waals surface area contributed by atoms with Gasteiger partial charge in [0.05, 0.1) is 21.8 Å². The standard InChI is InChI=1S/C21H23N3O6S/c1-13-9-14(2)20-18(25)12-21(30-19(20)10-13)5-7-23(8-6-21)16-4-3-15(31(22,28)29)11-17(16)24(26)27/h3-4,9-11H,5-8,12H2,1-2H3,(H2,22,28,29). The fraction of sp³-hybridized carbons (Fsp3) is 0.381. The lowest BCUT2D eigenvalue weighted by Crippen LogP contribution is -2.51. The number of rotatable bonds is 3. The van der Waals surface area contributed by atoms with Crippen LogP contribution in [0.4, 0.5) is 11.4 Å². The van der Waals surface area contributed by atoms with Gasteiger partial charge in [-0.05, 0) is 43.2 Å². The van der Waals surface area contributed by atoms with Crippen molar-refractivity contribution in [1.82, 2.24) is 0 Å². The summed E-state index contributed by atoms with van der Waals surface area (Å²) in [6.45, 7) is 4.72. The molecule has 0 radical (unpaired) electrons.